The topological polar surface area (TPSA) is 27.7 Å². The van der Waals surface area contributed by atoms with Gasteiger partial charge in [0.05, 0.1) is 6.61 Å². The average Bonchev–Trinajstić information content (AvgIpc) is 2.31. The van der Waals surface area contributed by atoms with Gasteiger partial charge in [-0.05, 0) is 19.1 Å². The number of methoxy groups -OCH3 is 1. The van der Waals surface area contributed by atoms with Gasteiger partial charge in [-0.1, -0.05) is 28.1 Å². The fraction of sp³-hybridized carbons (Fsp3) is 0.538. The molecule has 0 aliphatic heterocycles. The molecule has 4 heteroatoms. The molecule has 1 aliphatic carbocycles. The number of halogens is 1. The third-order valence-corrected chi connectivity index (χ3v) is 3.77. The van der Waals surface area contributed by atoms with E-state index < -0.39 is 0 Å². The van der Waals surface area contributed by atoms with E-state index in [1.54, 1.807) is 7.11 Å². The molecule has 1 saturated carbocycles. The predicted molar refractivity (Wildman–Crippen MR) is 70.2 cm³/mol. The molecular weight excluding hydrogens is 284 g/mol. The third kappa shape index (κ3) is 2.75. The Morgan fingerprint density at radius 3 is 2.59 bits per heavy atom. The van der Waals surface area contributed by atoms with Crippen LogP contribution in [0.15, 0.2) is 24.3 Å². The van der Waals surface area contributed by atoms with Gasteiger partial charge in [-0.25, -0.2) is 0 Å². The summed E-state index contributed by atoms with van der Waals surface area (Å²) in [5, 5.41) is 0. The van der Waals surface area contributed by atoms with Crippen LogP contribution in [0.3, 0.4) is 0 Å². The van der Waals surface area contributed by atoms with Gasteiger partial charge >= 0.3 is 0 Å². The number of para-hydroxylation sites is 2. The van der Waals surface area contributed by atoms with E-state index in [0.717, 1.165) is 17.9 Å². The molecule has 3 nitrogen and oxygen atoms in total. The highest BCUT2D eigenvalue weighted by Crippen LogP contribution is 2.36. The summed E-state index contributed by atoms with van der Waals surface area (Å²) >= 11 is 3.55. The molecule has 0 saturated heterocycles. The number of benzene rings is 1. The second-order valence-corrected chi connectivity index (χ2v) is 5.16. The van der Waals surface area contributed by atoms with Crippen molar-refractivity contribution in [2.24, 2.45) is 0 Å². The molecule has 0 bridgehead atoms. The lowest BCUT2D eigenvalue weighted by Crippen LogP contribution is -2.51. The highest BCUT2D eigenvalue weighted by molar-refractivity contribution is 9.09. The van der Waals surface area contributed by atoms with Crippen LogP contribution in [0.1, 0.15) is 13.3 Å². The summed E-state index contributed by atoms with van der Waals surface area (Å²) in [5.74, 6) is 1.59. The largest absolute Gasteiger partial charge is 0.490 e. The number of rotatable bonds is 5. The summed E-state index contributed by atoms with van der Waals surface area (Å²) in [5.41, 5.74) is 0. The van der Waals surface area contributed by atoms with E-state index in [-0.39, 0.29) is 12.2 Å². The quantitative estimate of drug-likeness (QED) is 0.783. The minimum absolute atomic E-state index is 0.103. The van der Waals surface area contributed by atoms with E-state index in [9.17, 15) is 0 Å². The monoisotopic (exact) mass is 300 g/mol. The minimum Gasteiger partial charge on any atom is -0.490 e. The smallest absolute Gasteiger partial charge is 0.161 e. The van der Waals surface area contributed by atoms with Crippen molar-refractivity contribution >= 4 is 15.9 Å². The van der Waals surface area contributed by atoms with Crippen molar-refractivity contribution in [2.75, 3.05) is 13.7 Å². The van der Waals surface area contributed by atoms with Gasteiger partial charge in [0, 0.05) is 18.4 Å². The molecule has 2 rings (SSSR count). The van der Waals surface area contributed by atoms with Gasteiger partial charge in [-0.3, -0.25) is 0 Å². The number of hydrogen-bond acceptors (Lipinski definition) is 3. The van der Waals surface area contributed by atoms with E-state index in [2.05, 4.69) is 15.9 Å². The normalized spacial score (nSPS) is 27.4. The van der Waals surface area contributed by atoms with Crippen LogP contribution in [0, 0.1) is 0 Å². The van der Waals surface area contributed by atoms with Crippen LogP contribution >= 0.6 is 15.9 Å². The minimum atomic E-state index is 0.103. The average molecular weight is 301 g/mol. The van der Waals surface area contributed by atoms with Gasteiger partial charge in [-0.15, -0.1) is 0 Å². The fourth-order valence-electron chi connectivity index (χ4n) is 1.93. The van der Waals surface area contributed by atoms with Crippen LogP contribution in [-0.2, 0) is 4.74 Å². The Hall–Kier alpha value is -0.740. The summed E-state index contributed by atoms with van der Waals surface area (Å²) in [4.78, 5) is 0.386. The molecule has 3 unspecified atom stereocenters. The molecule has 17 heavy (non-hydrogen) atoms. The Morgan fingerprint density at radius 2 is 2.00 bits per heavy atom. The van der Waals surface area contributed by atoms with Gasteiger partial charge in [0.2, 0.25) is 0 Å². The lowest BCUT2D eigenvalue weighted by atomic mass is 9.91. The highest BCUT2D eigenvalue weighted by Gasteiger charge is 2.42. The first kappa shape index (κ1) is 12.7. The lowest BCUT2D eigenvalue weighted by molar-refractivity contribution is -0.0553. The predicted octanol–water partition coefficient (Wildman–Crippen LogP) is 3.01. The van der Waals surface area contributed by atoms with Crippen molar-refractivity contribution < 1.29 is 14.2 Å². The number of ether oxygens (including phenoxy) is 3. The highest BCUT2D eigenvalue weighted by atomic mass is 79.9. The summed E-state index contributed by atoms with van der Waals surface area (Å²) in [7, 11) is 1.71. The Balaban J connectivity index is 2.03. The molecule has 1 aliphatic rings. The molecule has 1 aromatic carbocycles. The lowest BCUT2D eigenvalue weighted by Gasteiger charge is -2.40. The van der Waals surface area contributed by atoms with Crippen molar-refractivity contribution in [1.29, 1.82) is 0 Å². The molecule has 0 spiro atoms. The van der Waals surface area contributed by atoms with Gasteiger partial charge in [0.15, 0.2) is 11.5 Å². The third-order valence-electron chi connectivity index (χ3n) is 2.88. The SMILES string of the molecule is CCOc1ccccc1OC1CC(Br)C1OC. The van der Waals surface area contributed by atoms with Crippen LogP contribution in [-0.4, -0.2) is 30.8 Å². The van der Waals surface area contributed by atoms with Crippen molar-refractivity contribution in [2.45, 2.75) is 30.4 Å². The van der Waals surface area contributed by atoms with Crippen LogP contribution in [0.25, 0.3) is 0 Å². The van der Waals surface area contributed by atoms with Crippen molar-refractivity contribution in [1.82, 2.24) is 0 Å². The van der Waals surface area contributed by atoms with Crippen molar-refractivity contribution in [3.8, 4) is 11.5 Å². The number of hydrogen-bond donors (Lipinski definition) is 0. The Morgan fingerprint density at radius 1 is 1.29 bits per heavy atom. The van der Waals surface area contributed by atoms with Crippen molar-refractivity contribution in [3.63, 3.8) is 0 Å². The first-order valence-electron chi connectivity index (χ1n) is 5.81. The van der Waals surface area contributed by atoms with Crippen LogP contribution < -0.4 is 9.47 Å². The second kappa shape index (κ2) is 5.74. The summed E-state index contributed by atoms with van der Waals surface area (Å²) in [6.45, 7) is 2.60. The first-order chi connectivity index (χ1) is 8.26. The molecule has 0 N–H and O–H groups in total. The van der Waals surface area contributed by atoms with Gasteiger partial charge in [-0.2, -0.15) is 0 Å². The zero-order chi connectivity index (χ0) is 12.3. The molecule has 1 fully saturated rings. The Bertz CT molecular complexity index is 369. The van der Waals surface area contributed by atoms with E-state index >= 15 is 0 Å². The Labute approximate surface area is 110 Å². The zero-order valence-corrected chi connectivity index (χ0v) is 11.6. The maximum atomic E-state index is 5.93. The molecular formula is C13H17BrO3. The zero-order valence-electron chi connectivity index (χ0n) is 10.1. The Kier molecular flexibility index (Phi) is 4.29. The molecule has 0 radical (unpaired) electrons. The van der Waals surface area contributed by atoms with Gasteiger partial charge in [0.1, 0.15) is 12.2 Å². The van der Waals surface area contributed by atoms with Gasteiger partial charge < -0.3 is 14.2 Å². The molecule has 0 amide bonds. The number of alkyl halides is 1. The van der Waals surface area contributed by atoms with Crippen LogP contribution in [0.5, 0.6) is 11.5 Å². The van der Waals surface area contributed by atoms with Crippen LogP contribution in [0.4, 0.5) is 0 Å². The standard InChI is InChI=1S/C13H17BrO3/c1-3-16-10-6-4-5-7-11(10)17-12-8-9(14)13(12)15-2/h4-7,9,12-13H,3,8H2,1-2H3. The van der Waals surface area contributed by atoms with E-state index in [4.69, 9.17) is 14.2 Å². The molecule has 1 aromatic rings. The maximum Gasteiger partial charge on any atom is 0.161 e. The fourth-order valence-corrected chi connectivity index (χ4v) is 2.85. The van der Waals surface area contributed by atoms with Gasteiger partial charge in [0.25, 0.3) is 0 Å². The maximum absolute atomic E-state index is 5.93. The van der Waals surface area contributed by atoms with Crippen LogP contribution in [0.2, 0.25) is 0 Å². The van der Waals surface area contributed by atoms with E-state index in [1.165, 1.54) is 0 Å². The molecule has 0 heterocycles. The second-order valence-electron chi connectivity index (χ2n) is 3.99. The summed E-state index contributed by atoms with van der Waals surface area (Å²) < 4.78 is 16.8. The molecule has 94 valence electrons. The van der Waals surface area contributed by atoms with Crippen molar-refractivity contribution in [3.05, 3.63) is 24.3 Å². The van der Waals surface area contributed by atoms with E-state index in [0.29, 0.717) is 11.4 Å². The molecule has 0 aromatic heterocycles. The summed E-state index contributed by atoms with van der Waals surface area (Å²) in [6, 6.07) is 7.74. The first-order valence-corrected chi connectivity index (χ1v) is 6.73. The summed E-state index contributed by atoms with van der Waals surface area (Å²) in [6.07, 6.45) is 1.18. The molecule has 3 atom stereocenters. The van der Waals surface area contributed by atoms with E-state index in [1.807, 2.05) is 31.2 Å².